The average molecular weight is 769 g/mol. The highest BCUT2D eigenvalue weighted by Gasteiger charge is 2.47. The molecule has 25 radical (unpaired) electrons. The van der Waals surface area contributed by atoms with Crippen molar-refractivity contribution in [3.05, 3.63) is 47.5 Å². The average Bonchev–Trinajstić information content (AvgIpc) is 3.62. The number of hydrogen-bond donors (Lipinski definition) is 2. The van der Waals surface area contributed by atoms with Gasteiger partial charge in [-0.3, -0.25) is 4.79 Å². The van der Waals surface area contributed by atoms with E-state index in [1.165, 1.54) is 7.06 Å². The smallest absolute Gasteiger partial charge is 0.410 e. The maximum absolute atomic E-state index is 12.1. The first kappa shape index (κ1) is 58.6. The topological polar surface area (TPSA) is 114 Å². The van der Waals surface area contributed by atoms with E-state index in [0.717, 1.165) is 37.9 Å². The van der Waals surface area contributed by atoms with Crippen molar-refractivity contribution in [3.63, 3.8) is 0 Å². The molecule has 1 atom stereocenters. The molecule has 0 aromatic heterocycles. The van der Waals surface area contributed by atoms with Gasteiger partial charge in [0.1, 0.15) is 6.61 Å². The molecule has 0 saturated carbocycles. The van der Waals surface area contributed by atoms with E-state index in [2.05, 4.69) is 5.32 Å². The fourth-order valence-electron chi connectivity index (χ4n) is 6.99. The second-order valence-corrected chi connectivity index (χ2v) is 14.4. The van der Waals surface area contributed by atoms with E-state index in [1.807, 2.05) is 43.3 Å². The molecule has 2 heterocycles. The van der Waals surface area contributed by atoms with Crippen LogP contribution in [0.25, 0.3) is 0 Å². The van der Waals surface area contributed by atoms with Gasteiger partial charge in [0.25, 0.3) is 0 Å². The molecule has 2 N–H and O–H groups in total. The van der Waals surface area contributed by atoms with Crippen LogP contribution in [0.15, 0.2) is 42.0 Å². The van der Waals surface area contributed by atoms with Crippen LogP contribution in [0.1, 0.15) is 58.4 Å². The maximum atomic E-state index is 12.1. The van der Waals surface area contributed by atoms with E-state index >= 15 is 0 Å². The zero-order valence-electron chi connectivity index (χ0n) is 35.9. The van der Waals surface area contributed by atoms with Crippen LogP contribution in [0.5, 0.6) is 0 Å². The van der Waals surface area contributed by atoms with E-state index < -0.39 is 63.9 Å². The van der Waals surface area contributed by atoms with Crippen LogP contribution in [0.3, 0.4) is 0 Å². The number of ether oxygens (including phenoxy) is 3. The minimum absolute atomic E-state index is 0.0128. The van der Waals surface area contributed by atoms with E-state index in [1.54, 1.807) is 18.7 Å². The SMILES string of the molecule is CCO.CCOC(=O)C1=CCCN(C(=O)OCc2ccccc2)CC1.CCOC(=O)C1CCCNCC1.[B][B]B([B])B(B([B])[B])B(B(B([B])[B])B([B])[B])B(B([B])[B])B([B])[B]. The van der Waals surface area contributed by atoms with Crippen LogP contribution in [0.2, 0.25) is 0 Å². The molecule has 2 aliphatic rings. The molecule has 1 fully saturated rings. The number of carbonyl (C=O) groups excluding carboxylic acids is 3. The highest BCUT2D eigenvalue weighted by molar-refractivity contribution is 8.22. The van der Waals surface area contributed by atoms with Crippen LogP contribution in [0, 0.1) is 5.92 Å². The van der Waals surface area contributed by atoms with Crippen LogP contribution >= 0.6 is 0 Å². The number of benzene rings is 1. The lowest BCUT2D eigenvalue weighted by atomic mass is 8.36. The summed E-state index contributed by atoms with van der Waals surface area (Å²) in [4.78, 5) is 36.7. The Kier molecular flexibility index (Phi) is 33.2. The molecular weight excluding hydrogens is 725 g/mol. The number of nitrogens with one attached hydrogen (secondary N) is 1. The zero-order valence-corrected chi connectivity index (χ0v) is 35.9. The van der Waals surface area contributed by atoms with Gasteiger partial charge in [-0.25, -0.2) is 9.59 Å². The number of carbonyl (C=O) groups is 3. The first-order chi connectivity index (χ1) is 28.4. The Bertz CT molecular complexity index is 1300. The number of nitrogens with zero attached hydrogens (tertiary/aromatic N) is 1. The number of hydrogen-bond acceptors (Lipinski definition) is 8. The van der Waals surface area contributed by atoms with Crippen LogP contribution in [0.4, 0.5) is 4.79 Å². The summed E-state index contributed by atoms with van der Waals surface area (Å²) >= 11 is 0. The summed E-state index contributed by atoms with van der Waals surface area (Å²) in [6.45, 7) is 9.69. The Morgan fingerprint density at radius 3 is 1.77 bits per heavy atom. The van der Waals surface area contributed by atoms with E-state index in [9.17, 15) is 14.4 Å². The summed E-state index contributed by atoms with van der Waals surface area (Å²) in [5.41, 5.74) is 1.59. The summed E-state index contributed by atoms with van der Waals surface area (Å²) in [6.07, 6.45) is -2.39. The van der Waals surface area contributed by atoms with Crippen LogP contribution in [-0.4, -0.2) is 238 Å². The van der Waals surface area contributed by atoms with Gasteiger partial charge in [0.15, 0.2) is 0 Å². The highest BCUT2D eigenvalue weighted by atomic mass is 16.6. The molecule has 277 valence electrons. The summed E-state index contributed by atoms with van der Waals surface area (Å²) in [5, 5.41) is 10.8. The van der Waals surface area contributed by atoms with E-state index in [0.29, 0.717) is 44.7 Å². The lowest BCUT2D eigenvalue weighted by Crippen LogP contribution is -2.83. The molecule has 0 spiro atoms. The van der Waals surface area contributed by atoms with Gasteiger partial charge in [-0.05, 0) is 71.5 Å². The molecule has 3 rings (SSSR count). The molecule has 1 amide bonds. The van der Waals surface area contributed by atoms with Crippen molar-refractivity contribution in [2.24, 2.45) is 5.92 Å². The second-order valence-electron chi connectivity index (χ2n) is 14.4. The number of rotatable bonds is 16. The minimum atomic E-state index is -0.925. The van der Waals surface area contributed by atoms with Gasteiger partial charge in [-0.15, -0.1) is 0 Å². The molecule has 0 bridgehead atoms. The summed E-state index contributed by atoms with van der Waals surface area (Å²) in [6, 6.07) is 9.56. The Hall–Kier alpha value is -1.42. The number of amides is 1. The lowest BCUT2D eigenvalue weighted by molar-refractivity contribution is -0.148. The number of aliphatic hydroxyl groups excluding tert-OH is 1. The molecule has 1 aromatic rings. The zero-order chi connectivity index (χ0) is 45.8. The molecule has 0 aliphatic carbocycles. The molecule has 2 aliphatic heterocycles. The van der Waals surface area contributed by atoms with Gasteiger partial charge in [-0.1, -0.05) is 36.4 Å². The monoisotopic (exact) mass is 774 g/mol. The quantitative estimate of drug-likeness (QED) is 0.0979. The van der Waals surface area contributed by atoms with Gasteiger partial charge in [0, 0.05) is 189 Å². The van der Waals surface area contributed by atoms with Crippen molar-refractivity contribution in [1.29, 1.82) is 0 Å². The first-order valence-electron chi connectivity index (χ1n) is 20.6. The lowest BCUT2D eigenvalue weighted by Gasteiger charge is -2.45. The van der Waals surface area contributed by atoms with Crippen LogP contribution < -0.4 is 5.32 Å². The largest absolute Gasteiger partial charge is 0.466 e. The highest BCUT2D eigenvalue weighted by Crippen LogP contribution is 2.16. The van der Waals surface area contributed by atoms with Crippen molar-refractivity contribution in [2.75, 3.05) is 46.0 Å². The van der Waals surface area contributed by atoms with Crippen molar-refractivity contribution in [3.8, 4) is 0 Å². The normalized spacial score (nSPS) is 14.2. The van der Waals surface area contributed by atoms with Gasteiger partial charge < -0.3 is 29.5 Å². The molecule has 32 heteroatoms. The molecule has 1 aromatic carbocycles. The standard InChI is InChI=1S/C17H21NO4.C9H17NO2.C2H6O.B23/c1-2-21-16(19)15-9-6-11-18(12-10-15)17(20)22-13-14-7-4-3-5-8-14;1-2-12-9(11)8-4-3-6-10-7-5-8;1-2-3;1-13-19(12)22(18(10)11)23(20(14(2)3)15(4)5)21(16(6)7)17(8)9/h3-5,7-9H,2,6,10-13H2,1H3;8,10H,2-7H2,1H3;3H,2H2,1H3;. The van der Waals surface area contributed by atoms with Crippen molar-refractivity contribution in [1.82, 2.24) is 10.2 Å². The van der Waals surface area contributed by atoms with Crippen molar-refractivity contribution < 1.29 is 33.7 Å². The fraction of sp³-hybridized carbons (Fsp3) is 0.607. The predicted molar refractivity (Wildman–Crippen MR) is 274 cm³/mol. The van der Waals surface area contributed by atoms with Crippen molar-refractivity contribution in [2.45, 2.75) is 59.5 Å². The number of esters is 2. The predicted octanol–water partition coefficient (Wildman–Crippen LogP) is -4.91. The molecular formula is C28H44B23N2O7. The Balaban J connectivity index is 0.000000876. The molecule has 60 heavy (non-hydrogen) atoms. The Morgan fingerprint density at radius 2 is 1.28 bits per heavy atom. The van der Waals surface area contributed by atoms with Gasteiger partial charge in [0.2, 0.25) is 0 Å². The van der Waals surface area contributed by atoms with E-state index in [-0.39, 0.29) is 37.2 Å². The van der Waals surface area contributed by atoms with E-state index in [4.69, 9.17) is 112 Å². The Morgan fingerprint density at radius 1 is 0.750 bits per heavy atom. The first-order valence-corrected chi connectivity index (χ1v) is 20.6. The molecule has 1 saturated heterocycles. The summed E-state index contributed by atoms with van der Waals surface area (Å²) in [5.74, 6) is -0.164. The maximum Gasteiger partial charge on any atom is 0.410 e. The Labute approximate surface area is 382 Å². The minimum Gasteiger partial charge on any atom is -0.466 e. The fourth-order valence-corrected chi connectivity index (χ4v) is 6.99. The molecule has 1 unspecified atom stereocenters. The number of aliphatic hydroxyl groups is 1. The van der Waals surface area contributed by atoms with Crippen molar-refractivity contribution >= 4 is 182 Å². The summed E-state index contributed by atoms with van der Waals surface area (Å²) < 4.78 is 15.3. The van der Waals surface area contributed by atoms with Gasteiger partial charge in [-0.2, -0.15) is 0 Å². The summed E-state index contributed by atoms with van der Waals surface area (Å²) in [7, 11) is 71.4. The van der Waals surface area contributed by atoms with Gasteiger partial charge in [0.05, 0.1) is 19.1 Å². The third-order valence-corrected chi connectivity index (χ3v) is 9.86. The molecule has 9 nitrogen and oxygen atoms in total. The third-order valence-electron chi connectivity index (χ3n) is 9.86. The van der Waals surface area contributed by atoms with Gasteiger partial charge >= 0.3 is 18.0 Å². The third kappa shape index (κ3) is 22.8. The second kappa shape index (κ2) is 34.0. The van der Waals surface area contributed by atoms with Crippen LogP contribution in [-0.2, 0) is 30.4 Å².